The molecule has 3 amide bonds. The Labute approximate surface area is 257 Å². The van der Waals surface area contributed by atoms with E-state index in [1.165, 1.54) is 24.3 Å². The summed E-state index contributed by atoms with van der Waals surface area (Å²) in [6, 6.07) is 19.0. The zero-order valence-corrected chi connectivity index (χ0v) is 24.1. The van der Waals surface area contributed by atoms with Crippen LogP contribution in [0.2, 0.25) is 0 Å². The Morgan fingerprint density at radius 3 is 2.47 bits per heavy atom. The van der Waals surface area contributed by atoms with Crippen LogP contribution in [0, 0.1) is 10.1 Å². The first kappa shape index (κ1) is 31.1. The molecular formula is C31H22F3N3O7S. The van der Waals surface area contributed by atoms with E-state index in [0.29, 0.717) is 35.1 Å². The van der Waals surface area contributed by atoms with E-state index in [-0.39, 0.29) is 23.0 Å². The number of halogens is 3. The Balaban J connectivity index is 1.34. The van der Waals surface area contributed by atoms with Crippen molar-refractivity contribution in [1.82, 2.24) is 4.90 Å². The molecule has 1 aliphatic heterocycles. The molecule has 45 heavy (non-hydrogen) atoms. The second-order valence-corrected chi connectivity index (χ2v) is 10.5. The van der Waals surface area contributed by atoms with Gasteiger partial charge in [-0.25, -0.2) is 0 Å². The summed E-state index contributed by atoms with van der Waals surface area (Å²) >= 11 is 0.642. The van der Waals surface area contributed by atoms with Crippen LogP contribution in [0.5, 0.6) is 17.2 Å². The zero-order valence-electron chi connectivity index (χ0n) is 23.3. The minimum atomic E-state index is -4.79. The third-order valence-electron chi connectivity index (χ3n) is 6.51. The molecule has 0 aliphatic carbocycles. The molecule has 10 nitrogen and oxygen atoms in total. The number of imide groups is 1. The van der Waals surface area contributed by atoms with Gasteiger partial charge in [-0.2, -0.15) is 13.2 Å². The van der Waals surface area contributed by atoms with Gasteiger partial charge in [0.15, 0.2) is 11.5 Å². The summed E-state index contributed by atoms with van der Waals surface area (Å²) in [6.07, 6.45) is -3.39. The molecule has 1 fully saturated rings. The van der Waals surface area contributed by atoms with Crippen LogP contribution in [0.1, 0.15) is 18.1 Å². The van der Waals surface area contributed by atoms with Crippen LogP contribution >= 0.6 is 11.8 Å². The van der Waals surface area contributed by atoms with Crippen molar-refractivity contribution in [3.8, 4) is 17.2 Å². The number of carbonyl (C=O) groups is 3. The van der Waals surface area contributed by atoms with Crippen LogP contribution in [-0.4, -0.2) is 40.0 Å². The molecule has 1 heterocycles. The number of nitrogens with zero attached hydrogens (tertiary/aromatic N) is 2. The lowest BCUT2D eigenvalue weighted by molar-refractivity contribution is -0.385. The second-order valence-electron chi connectivity index (χ2n) is 9.52. The van der Waals surface area contributed by atoms with Gasteiger partial charge in [0.2, 0.25) is 11.7 Å². The molecule has 230 valence electrons. The summed E-state index contributed by atoms with van der Waals surface area (Å²) in [4.78, 5) is 49.9. The fourth-order valence-corrected chi connectivity index (χ4v) is 5.30. The van der Waals surface area contributed by atoms with E-state index in [1.54, 1.807) is 19.1 Å². The van der Waals surface area contributed by atoms with E-state index in [9.17, 15) is 37.7 Å². The number of alkyl halides is 3. The molecular weight excluding hydrogens is 615 g/mol. The molecule has 0 spiro atoms. The van der Waals surface area contributed by atoms with Crippen LogP contribution in [0.15, 0.2) is 83.8 Å². The van der Waals surface area contributed by atoms with E-state index in [1.807, 2.05) is 30.3 Å². The van der Waals surface area contributed by atoms with Gasteiger partial charge < -0.3 is 14.8 Å². The number of nitro groups is 1. The summed E-state index contributed by atoms with van der Waals surface area (Å²) in [6.45, 7) is 1.29. The Morgan fingerprint density at radius 2 is 1.73 bits per heavy atom. The van der Waals surface area contributed by atoms with Crippen molar-refractivity contribution in [2.75, 3.05) is 18.5 Å². The van der Waals surface area contributed by atoms with Crippen molar-refractivity contribution < 1.29 is 42.0 Å². The summed E-state index contributed by atoms with van der Waals surface area (Å²) < 4.78 is 50.4. The van der Waals surface area contributed by atoms with Gasteiger partial charge in [0, 0.05) is 17.1 Å². The number of ether oxygens (including phenoxy) is 2. The Kier molecular flexibility index (Phi) is 8.77. The lowest BCUT2D eigenvalue weighted by Crippen LogP contribution is -2.36. The maximum absolute atomic E-state index is 13.1. The number of thioether (sulfide) groups is 1. The molecule has 0 bridgehead atoms. The number of nitro benzene ring substituents is 1. The van der Waals surface area contributed by atoms with Crippen LogP contribution in [-0.2, 0) is 15.8 Å². The molecule has 1 N–H and O–H groups in total. The highest BCUT2D eigenvalue weighted by Crippen LogP contribution is 2.41. The first-order valence-electron chi connectivity index (χ1n) is 13.3. The van der Waals surface area contributed by atoms with Gasteiger partial charge in [-0.3, -0.25) is 29.4 Å². The van der Waals surface area contributed by atoms with E-state index in [0.717, 1.165) is 21.7 Å². The summed E-state index contributed by atoms with van der Waals surface area (Å²) in [7, 11) is 0. The molecule has 0 radical (unpaired) electrons. The number of anilines is 1. The number of carbonyl (C=O) groups excluding carboxylic acids is 3. The Bertz CT molecular complexity index is 1870. The maximum Gasteiger partial charge on any atom is 0.416 e. The molecule has 1 saturated heterocycles. The highest BCUT2D eigenvalue weighted by molar-refractivity contribution is 8.18. The molecule has 0 saturated carbocycles. The van der Waals surface area contributed by atoms with Crippen molar-refractivity contribution >= 4 is 57.0 Å². The normalized spacial score (nSPS) is 14.2. The Morgan fingerprint density at radius 1 is 1.00 bits per heavy atom. The smallest absolute Gasteiger partial charge is 0.416 e. The van der Waals surface area contributed by atoms with Crippen LogP contribution < -0.4 is 14.8 Å². The van der Waals surface area contributed by atoms with Crippen molar-refractivity contribution in [1.29, 1.82) is 0 Å². The minimum Gasteiger partial charge on any atom is -0.490 e. The number of rotatable bonds is 9. The average molecular weight is 638 g/mol. The van der Waals surface area contributed by atoms with E-state index >= 15 is 0 Å². The van der Waals surface area contributed by atoms with Crippen LogP contribution in [0.3, 0.4) is 0 Å². The summed E-state index contributed by atoms with van der Waals surface area (Å²) in [5.41, 5.74) is -1.18. The number of hydrogen-bond donors (Lipinski definition) is 1. The highest BCUT2D eigenvalue weighted by atomic mass is 32.2. The lowest BCUT2D eigenvalue weighted by atomic mass is 10.1. The van der Waals surface area contributed by atoms with Crippen molar-refractivity contribution in [3.63, 3.8) is 0 Å². The predicted molar refractivity (Wildman–Crippen MR) is 161 cm³/mol. The first-order valence-corrected chi connectivity index (χ1v) is 14.1. The first-order chi connectivity index (χ1) is 21.4. The van der Waals surface area contributed by atoms with Crippen molar-refractivity contribution in [3.05, 3.63) is 105 Å². The van der Waals surface area contributed by atoms with Gasteiger partial charge in [-0.15, -0.1) is 0 Å². The Hall–Kier alpha value is -5.37. The molecule has 5 rings (SSSR count). The molecule has 4 aromatic rings. The van der Waals surface area contributed by atoms with Gasteiger partial charge in [-0.1, -0.05) is 42.5 Å². The van der Waals surface area contributed by atoms with Gasteiger partial charge in [0.25, 0.3) is 11.1 Å². The number of fused-ring (bicyclic) bond motifs is 1. The number of amides is 3. The third kappa shape index (κ3) is 6.91. The number of nitrogens with one attached hydrogen (secondary N) is 1. The quantitative estimate of drug-likeness (QED) is 0.113. The number of hydrogen-bond acceptors (Lipinski definition) is 8. The number of benzene rings is 4. The van der Waals surface area contributed by atoms with Gasteiger partial charge in [0.1, 0.15) is 6.54 Å². The molecule has 0 aromatic heterocycles. The summed E-state index contributed by atoms with van der Waals surface area (Å²) in [5.74, 6) is -1.64. The second kappa shape index (κ2) is 12.7. The van der Waals surface area contributed by atoms with Gasteiger partial charge in [-0.05, 0) is 66.0 Å². The fraction of sp³-hybridized carbons (Fsp3) is 0.129. The topological polar surface area (TPSA) is 128 Å². The van der Waals surface area contributed by atoms with E-state index in [4.69, 9.17) is 9.47 Å². The zero-order chi connectivity index (χ0) is 32.3. The van der Waals surface area contributed by atoms with E-state index < -0.39 is 51.7 Å². The van der Waals surface area contributed by atoms with Gasteiger partial charge >= 0.3 is 11.9 Å². The lowest BCUT2D eigenvalue weighted by Gasteiger charge is -2.14. The van der Waals surface area contributed by atoms with Crippen molar-refractivity contribution in [2.24, 2.45) is 0 Å². The monoisotopic (exact) mass is 637 g/mol. The van der Waals surface area contributed by atoms with Crippen LogP contribution in [0.25, 0.3) is 16.8 Å². The third-order valence-corrected chi connectivity index (χ3v) is 7.41. The molecule has 14 heteroatoms. The molecule has 1 aliphatic rings. The fourth-order valence-electron chi connectivity index (χ4n) is 4.46. The SMILES string of the molecule is CCOc1cc(/C=C2/SC(=O)N(CC(=O)Nc3cccc4ccccc34)C2=O)ccc1Oc1ccc(C(F)(F)F)cc1[N+](=O)[O-]. The minimum absolute atomic E-state index is 0.0323. The highest BCUT2D eigenvalue weighted by Gasteiger charge is 2.37. The van der Waals surface area contributed by atoms with E-state index in [2.05, 4.69) is 5.32 Å². The van der Waals surface area contributed by atoms with Crippen molar-refractivity contribution in [2.45, 2.75) is 13.1 Å². The largest absolute Gasteiger partial charge is 0.490 e. The maximum atomic E-state index is 13.1. The summed E-state index contributed by atoms with van der Waals surface area (Å²) in [5, 5.41) is 15.3. The molecule has 0 unspecified atom stereocenters. The van der Waals surface area contributed by atoms with Gasteiger partial charge in [0.05, 0.1) is 22.0 Å². The molecule has 4 aromatic carbocycles. The standard InChI is InChI=1S/C31H22F3N3O7S/c1-2-43-26-14-18(10-12-25(26)44-24-13-11-20(31(32,33)34)16-23(24)37(41)42)15-27-29(39)36(30(40)45-27)17-28(38)35-22-9-5-7-19-6-3-4-8-21(19)22/h3-16H,2,17H2,1H3,(H,35,38)/b27-15+. The predicted octanol–water partition coefficient (Wildman–Crippen LogP) is 7.63. The molecule has 0 atom stereocenters. The van der Waals surface area contributed by atoms with Crippen LogP contribution in [0.4, 0.5) is 29.3 Å². The average Bonchev–Trinajstić information content (AvgIpc) is 3.25.